The van der Waals surface area contributed by atoms with Crippen molar-refractivity contribution in [3.05, 3.63) is 42.2 Å². The average Bonchev–Trinajstić information content (AvgIpc) is 2.43. The fraction of sp³-hybridized carbons (Fsp3) is 0.588. The normalized spacial score (nSPS) is 11.1. The van der Waals surface area contributed by atoms with Crippen molar-refractivity contribution in [1.29, 1.82) is 0 Å². The Morgan fingerprint density at radius 3 is 2.58 bits per heavy atom. The summed E-state index contributed by atoms with van der Waals surface area (Å²) in [5.41, 5.74) is 3.08. The average molecular weight is 283 g/mol. The summed E-state index contributed by atoms with van der Waals surface area (Å²) in [6.45, 7) is 3.66. The molecule has 2 heteroatoms. The smallest absolute Gasteiger partial charge is 0.0647 e. The molecule has 0 unspecified atom stereocenters. The van der Waals surface area contributed by atoms with E-state index in [1.807, 2.05) is 12.2 Å². The van der Waals surface area contributed by atoms with Crippen molar-refractivity contribution in [3.63, 3.8) is 0 Å². The molecule has 19 heavy (non-hydrogen) atoms. The van der Waals surface area contributed by atoms with Crippen molar-refractivity contribution in [2.24, 2.45) is 0 Å². The lowest BCUT2D eigenvalue weighted by molar-refractivity contribution is 0.167. The highest BCUT2D eigenvalue weighted by Crippen LogP contribution is 1.96. The number of rotatable bonds is 12. The molecule has 0 aromatic rings. The van der Waals surface area contributed by atoms with Crippen LogP contribution in [0.5, 0.6) is 0 Å². The first-order valence-corrected chi connectivity index (χ1v) is 7.78. The summed E-state index contributed by atoms with van der Waals surface area (Å²) in [7, 11) is 0. The molecule has 0 radical (unpaired) electrons. The second-order valence-corrected chi connectivity index (χ2v) is 4.61. The Morgan fingerprint density at radius 2 is 1.79 bits per heavy atom. The van der Waals surface area contributed by atoms with Crippen LogP contribution in [0.15, 0.2) is 42.2 Å². The SMILES string of the molecule is CCCCC=CC/C=C\COCCC=C=CCCCl. The van der Waals surface area contributed by atoms with Crippen molar-refractivity contribution in [1.82, 2.24) is 0 Å². The maximum absolute atomic E-state index is 5.54. The van der Waals surface area contributed by atoms with Crippen LogP contribution in [0.1, 0.15) is 45.4 Å². The Morgan fingerprint density at radius 1 is 1.00 bits per heavy atom. The second kappa shape index (κ2) is 17.2. The van der Waals surface area contributed by atoms with E-state index in [0.717, 1.165) is 25.9 Å². The van der Waals surface area contributed by atoms with Crippen molar-refractivity contribution in [3.8, 4) is 0 Å². The highest BCUT2D eigenvalue weighted by molar-refractivity contribution is 6.17. The third kappa shape index (κ3) is 17.2. The Bertz CT molecular complexity index is 286. The van der Waals surface area contributed by atoms with Crippen LogP contribution < -0.4 is 0 Å². The fourth-order valence-electron chi connectivity index (χ4n) is 1.38. The largest absolute Gasteiger partial charge is 0.377 e. The van der Waals surface area contributed by atoms with Crippen LogP contribution in [0.4, 0.5) is 0 Å². The zero-order valence-electron chi connectivity index (χ0n) is 12.1. The molecule has 0 fully saturated rings. The number of ether oxygens (including phenoxy) is 1. The van der Waals surface area contributed by atoms with E-state index in [9.17, 15) is 0 Å². The lowest BCUT2D eigenvalue weighted by atomic mass is 10.2. The van der Waals surface area contributed by atoms with Crippen LogP contribution in [-0.4, -0.2) is 19.1 Å². The summed E-state index contributed by atoms with van der Waals surface area (Å²) in [5, 5.41) is 0. The van der Waals surface area contributed by atoms with Gasteiger partial charge >= 0.3 is 0 Å². The van der Waals surface area contributed by atoms with Crippen molar-refractivity contribution >= 4 is 11.6 Å². The molecule has 0 aliphatic heterocycles. The van der Waals surface area contributed by atoms with Gasteiger partial charge in [0, 0.05) is 5.88 Å². The highest BCUT2D eigenvalue weighted by Gasteiger charge is 1.81. The van der Waals surface area contributed by atoms with Crippen LogP contribution in [-0.2, 0) is 4.74 Å². The van der Waals surface area contributed by atoms with Gasteiger partial charge in [0.15, 0.2) is 0 Å². The molecule has 0 bridgehead atoms. The first-order valence-electron chi connectivity index (χ1n) is 7.25. The van der Waals surface area contributed by atoms with E-state index < -0.39 is 0 Å². The summed E-state index contributed by atoms with van der Waals surface area (Å²) in [6.07, 6.45) is 19.2. The predicted molar refractivity (Wildman–Crippen MR) is 85.8 cm³/mol. The van der Waals surface area contributed by atoms with Crippen LogP contribution >= 0.6 is 11.6 Å². The van der Waals surface area contributed by atoms with Gasteiger partial charge in [-0.25, -0.2) is 0 Å². The molecule has 0 aliphatic rings. The Labute approximate surface area is 123 Å². The van der Waals surface area contributed by atoms with Gasteiger partial charge in [0.25, 0.3) is 0 Å². The molecule has 0 N–H and O–H groups in total. The molecule has 0 spiro atoms. The predicted octanol–water partition coefficient (Wildman–Crippen LogP) is 5.43. The summed E-state index contributed by atoms with van der Waals surface area (Å²) in [6, 6.07) is 0. The molecule has 0 amide bonds. The minimum Gasteiger partial charge on any atom is -0.377 e. The van der Waals surface area contributed by atoms with E-state index in [-0.39, 0.29) is 0 Å². The van der Waals surface area contributed by atoms with Gasteiger partial charge < -0.3 is 4.74 Å². The van der Waals surface area contributed by atoms with Gasteiger partial charge in [-0.05, 0) is 37.8 Å². The van der Waals surface area contributed by atoms with Crippen molar-refractivity contribution in [2.45, 2.75) is 45.4 Å². The number of unbranched alkanes of at least 4 members (excludes halogenated alkanes) is 2. The molecule has 0 saturated carbocycles. The van der Waals surface area contributed by atoms with E-state index in [0.29, 0.717) is 12.5 Å². The number of allylic oxidation sites excluding steroid dienone is 3. The summed E-state index contributed by atoms with van der Waals surface area (Å²) >= 11 is 5.54. The molecule has 0 aromatic heterocycles. The fourth-order valence-corrected chi connectivity index (χ4v) is 1.49. The molecule has 0 atom stereocenters. The Kier molecular flexibility index (Phi) is 16.6. The van der Waals surface area contributed by atoms with Crippen LogP contribution in [0, 0.1) is 0 Å². The molecule has 0 rings (SSSR count). The molecular formula is C17H27ClO. The molecule has 0 aliphatic carbocycles. The van der Waals surface area contributed by atoms with E-state index >= 15 is 0 Å². The van der Waals surface area contributed by atoms with Crippen LogP contribution in [0.3, 0.4) is 0 Å². The first-order chi connectivity index (χ1) is 9.41. The second-order valence-electron chi connectivity index (χ2n) is 4.24. The number of alkyl halides is 1. The minimum absolute atomic E-state index is 0.662. The third-order valence-electron chi connectivity index (χ3n) is 2.44. The number of hydrogen-bond donors (Lipinski definition) is 0. The summed E-state index contributed by atoms with van der Waals surface area (Å²) < 4.78 is 5.46. The topological polar surface area (TPSA) is 9.23 Å². The molecule has 0 saturated heterocycles. The lowest BCUT2D eigenvalue weighted by Gasteiger charge is -1.95. The van der Waals surface area contributed by atoms with Gasteiger partial charge in [-0.15, -0.1) is 17.3 Å². The standard InChI is InChI=1S/C17H27ClO/c1-2-3-4-5-6-7-10-13-16-19-17-14-11-8-9-12-15-18/h5-6,9-11,13H,2-4,7,12,14-17H2,1H3/b6-5?,13-10-. The van der Waals surface area contributed by atoms with Gasteiger partial charge in [-0.2, -0.15) is 0 Å². The van der Waals surface area contributed by atoms with Gasteiger partial charge in [0.2, 0.25) is 0 Å². The molecular weight excluding hydrogens is 256 g/mol. The summed E-state index contributed by atoms with van der Waals surface area (Å²) in [5.74, 6) is 0.662. The van der Waals surface area contributed by atoms with E-state index in [4.69, 9.17) is 16.3 Å². The highest BCUT2D eigenvalue weighted by atomic mass is 35.5. The Balaban J connectivity index is 3.29. The van der Waals surface area contributed by atoms with Gasteiger partial charge in [-0.3, -0.25) is 0 Å². The quantitative estimate of drug-likeness (QED) is 0.201. The maximum atomic E-state index is 5.54. The third-order valence-corrected chi connectivity index (χ3v) is 2.66. The number of hydrogen-bond acceptors (Lipinski definition) is 1. The van der Waals surface area contributed by atoms with Crippen molar-refractivity contribution in [2.75, 3.05) is 19.1 Å². The van der Waals surface area contributed by atoms with Gasteiger partial charge in [0.05, 0.1) is 13.2 Å². The Hall–Kier alpha value is -0.750. The molecule has 0 heterocycles. The zero-order valence-corrected chi connectivity index (χ0v) is 12.9. The van der Waals surface area contributed by atoms with Gasteiger partial charge in [-0.1, -0.05) is 44.1 Å². The molecule has 108 valence electrons. The maximum Gasteiger partial charge on any atom is 0.0647 e. The zero-order chi connectivity index (χ0) is 14.0. The summed E-state index contributed by atoms with van der Waals surface area (Å²) in [4.78, 5) is 0. The van der Waals surface area contributed by atoms with Gasteiger partial charge in [0.1, 0.15) is 0 Å². The lowest BCUT2D eigenvalue weighted by Crippen LogP contribution is -1.91. The first kappa shape index (κ1) is 18.2. The van der Waals surface area contributed by atoms with Crippen LogP contribution in [0.25, 0.3) is 0 Å². The monoisotopic (exact) mass is 282 g/mol. The van der Waals surface area contributed by atoms with E-state index in [1.165, 1.54) is 19.3 Å². The molecule has 0 aromatic carbocycles. The minimum atomic E-state index is 0.662. The van der Waals surface area contributed by atoms with E-state index in [2.05, 4.69) is 37.0 Å². The van der Waals surface area contributed by atoms with Crippen LogP contribution in [0.2, 0.25) is 0 Å². The van der Waals surface area contributed by atoms with Crippen molar-refractivity contribution < 1.29 is 4.74 Å². The number of halogens is 1. The molecule has 1 nitrogen and oxygen atoms in total. The van der Waals surface area contributed by atoms with E-state index in [1.54, 1.807) is 0 Å².